The van der Waals surface area contributed by atoms with Gasteiger partial charge in [-0.25, -0.2) is 4.79 Å². The Balaban J connectivity index is 1.32. The van der Waals surface area contributed by atoms with E-state index >= 15 is 0 Å². The van der Waals surface area contributed by atoms with Crippen molar-refractivity contribution in [3.63, 3.8) is 0 Å². The van der Waals surface area contributed by atoms with Crippen molar-refractivity contribution in [3.05, 3.63) is 40.2 Å². The van der Waals surface area contributed by atoms with Gasteiger partial charge in [0.1, 0.15) is 5.58 Å². The molecular formula is C24H30N2O2S. The van der Waals surface area contributed by atoms with Crippen LogP contribution in [0, 0.1) is 30.1 Å². The van der Waals surface area contributed by atoms with Gasteiger partial charge >= 0.3 is 5.63 Å². The Morgan fingerprint density at radius 3 is 2.45 bits per heavy atom. The van der Waals surface area contributed by atoms with Crippen LogP contribution in [0.3, 0.4) is 0 Å². The predicted molar refractivity (Wildman–Crippen MR) is 121 cm³/mol. The lowest BCUT2D eigenvalue weighted by Gasteiger charge is -2.59. The molecule has 1 aromatic carbocycles. The second-order valence-corrected chi connectivity index (χ2v) is 10.2. The van der Waals surface area contributed by atoms with Crippen LogP contribution in [0.4, 0.5) is 5.69 Å². The molecule has 4 aliphatic carbocycles. The average Bonchev–Trinajstić information content (AvgIpc) is 2.64. The highest BCUT2D eigenvalue weighted by Gasteiger charge is 2.53. The van der Waals surface area contributed by atoms with Gasteiger partial charge in [0.05, 0.1) is 0 Å². The summed E-state index contributed by atoms with van der Waals surface area (Å²) >= 11 is 5.69. The highest BCUT2D eigenvalue weighted by atomic mass is 32.1. The summed E-state index contributed by atoms with van der Waals surface area (Å²) in [6.07, 6.45) is 9.58. The van der Waals surface area contributed by atoms with Crippen molar-refractivity contribution in [1.29, 1.82) is 0 Å². The molecule has 1 heterocycles. The lowest BCUT2D eigenvalue weighted by Crippen LogP contribution is -2.57. The van der Waals surface area contributed by atoms with E-state index in [-0.39, 0.29) is 5.63 Å². The Labute approximate surface area is 177 Å². The fourth-order valence-corrected chi connectivity index (χ4v) is 7.28. The summed E-state index contributed by atoms with van der Waals surface area (Å²) in [5, 5.41) is 8.62. The topological polar surface area (TPSA) is 54.3 Å². The molecule has 6 rings (SSSR count). The van der Waals surface area contributed by atoms with E-state index in [1.165, 1.54) is 44.6 Å². The maximum Gasteiger partial charge on any atom is 0.336 e. The van der Waals surface area contributed by atoms with Crippen LogP contribution in [0.2, 0.25) is 0 Å². The first-order valence-corrected chi connectivity index (χ1v) is 11.5. The molecule has 2 N–H and O–H groups in total. The molecule has 4 nitrogen and oxygen atoms in total. The number of anilines is 1. The number of thiocarbonyl (C=S) groups is 1. The molecule has 1 unspecified atom stereocenters. The Morgan fingerprint density at radius 1 is 1.17 bits per heavy atom. The third-order valence-electron chi connectivity index (χ3n) is 7.75. The van der Waals surface area contributed by atoms with Crippen LogP contribution in [0.15, 0.2) is 33.5 Å². The molecule has 154 valence electrons. The van der Waals surface area contributed by atoms with E-state index in [0.717, 1.165) is 40.8 Å². The SMILES string of the molecule is CCC(NC(=S)Nc1ccc2c(C)cc(=O)oc2c1)C12CC3CC(CC(C3)C1)C2. The second-order valence-electron chi connectivity index (χ2n) is 9.80. The first-order valence-electron chi connectivity index (χ1n) is 11.1. The Bertz CT molecular complexity index is 976. The zero-order valence-electron chi connectivity index (χ0n) is 17.3. The zero-order valence-corrected chi connectivity index (χ0v) is 18.1. The first kappa shape index (κ1) is 19.1. The van der Waals surface area contributed by atoms with Gasteiger partial charge in [-0.1, -0.05) is 6.92 Å². The molecular weight excluding hydrogens is 380 g/mol. The molecule has 4 bridgehead atoms. The fraction of sp³-hybridized carbons (Fsp3) is 0.583. The first-order chi connectivity index (χ1) is 13.9. The average molecular weight is 411 g/mol. The van der Waals surface area contributed by atoms with E-state index in [4.69, 9.17) is 16.6 Å². The summed E-state index contributed by atoms with van der Waals surface area (Å²) in [5.41, 5.74) is 2.47. The zero-order chi connectivity index (χ0) is 20.2. The van der Waals surface area contributed by atoms with E-state index in [1.807, 2.05) is 25.1 Å². The largest absolute Gasteiger partial charge is 0.423 e. The maximum absolute atomic E-state index is 11.7. The summed E-state index contributed by atoms with van der Waals surface area (Å²) in [6, 6.07) is 7.79. The van der Waals surface area contributed by atoms with Crippen LogP contribution in [-0.2, 0) is 0 Å². The van der Waals surface area contributed by atoms with Crippen molar-refractivity contribution in [2.24, 2.45) is 23.2 Å². The molecule has 0 saturated heterocycles. The van der Waals surface area contributed by atoms with E-state index in [9.17, 15) is 4.79 Å². The minimum atomic E-state index is -0.319. The van der Waals surface area contributed by atoms with Crippen LogP contribution in [0.5, 0.6) is 0 Å². The van der Waals surface area contributed by atoms with Crippen LogP contribution in [0.1, 0.15) is 57.4 Å². The van der Waals surface area contributed by atoms with Crippen LogP contribution < -0.4 is 16.3 Å². The fourth-order valence-electron chi connectivity index (χ4n) is 7.02. The third-order valence-corrected chi connectivity index (χ3v) is 7.97. The number of aryl methyl sites for hydroxylation is 1. The van der Waals surface area contributed by atoms with Gasteiger partial charge in [-0.2, -0.15) is 0 Å². The lowest BCUT2D eigenvalue weighted by molar-refractivity contribution is -0.0709. The molecule has 5 heteroatoms. The molecule has 0 amide bonds. The van der Waals surface area contributed by atoms with Gasteiger partial charge in [0.25, 0.3) is 0 Å². The van der Waals surface area contributed by atoms with Crippen molar-refractivity contribution in [1.82, 2.24) is 5.32 Å². The molecule has 0 spiro atoms. The van der Waals surface area contributed by atoms with E-state index in [1.54, 1.807) is 0 Å². The Morgan fingerprint density at radius 2 is 1.83 bits per heavy atom. The molecule has 4 fully saturated rings. The van der Waals surface area contributed by atoms with E-state index < -0.39 is 0 Å². The molecule has 2 aromatic rings. The monoisotopic (exact) mass is 410 g/mol. The molecule has 29 heavy (non-hydrogen) atoms. The summed E-state index contributed by atoms with van der Waals surface area (Å²) in [6.45, 7) is 4.21. The molecule has 1 atom stereocenters. The molecule has 1 aromatic heterocycles. The third kappa shape index (κ3) is 3.48. The van der Waals surface area contributed by atoms with Crippen molar-refractivity contribution < 1.29 is 4.42 Å². The molecule has 0 aliphatic heterocycles. The summed E-state index contributed by atoms with van der Waals surface area (Å²) in [7, 11) is 0. The van der Waals surface area contributed by atoms with Gasteiger partial charge in [0.2, 0.25) is 0 Å². The van der Waals surface area contributed by atoms with Gasteiger partial charge in [0, 0.05) is 29.2 Å². The number of benzene rings is 1. The quantitative estimate of drug-likeness (QED) is 0.523. The van der Waals surface area contributed by atoms with Crippen LogP contribution >= 0.6 is 12.2 Å². The van der Waals surface area contributed by atoms with Crippen LogP contribution in [-0.4, -0.2) is 11.2 Å². The van der Waals surface area contributed by atoms with E-state index in [2.05, 4.69) is 17.6 Å². The predicted octanol–water partition coefficient (Wildman–Crippen LogP) is 5.38. The maximum atomic E-state index is 11.7. The van der Waals surface area contributed by atoms with Crippen molar-refractivity contribution >= 4 is 34.0 Å². The number of fused-ring (bicyclic) bond motifs is 1. The Hall–Kier alpha value is -1.88. The number of hydrogen-bond acceptors (Lipinski definition) is 3. The van der Waals surface area contributed by atoms with Gasteiger partial charge in [-0.15, -0.1) is 0 Å². The minimum absolute atomic E-state index is 0.319. The highest BCUT2D eigenvalue weighted by Crippen LogP contribution is 2.61. The van der Waals surface area contributed by atoms with Crippen molar-refractivity contribution in [2.75, 3.05) is 5.32 Å². The van der Waals surface area contributed by atoms with Crippen molar-refractivity contribution in [3.8, 4) is 0 Å². The molecule has 4 saturated carbocycles. The second kappa shape index (κ2) is 7.12. The number of rotatable bonds is 4. The van der Waals surface area contributed by atoms with Gasteiger partial charge in [-0.3, -0.25) is 0 Å². The minimum Gasteiger partial charge on any atom is -0.423 e. The Kier molecular flexibility index (Phi) is 4.69. The number of hydrogen-bond donors (Lipinski definition) is 2. The van der Waals surface area contributed by atoms with Crippen molar-refractivity contribution in [2.45, 2.75) is 64.8 Å². The summed E-state index contributed by atoms with van der Waals surface area (Å²) < 4.78 is 5.37. The standard InChI is InChI=1S/C24H30N2O2S/c1-3-21(24-11-15-7-16(12-24)9-17(8-15)13-24)26-23(29)25-18-4-5-19-14(2)6-22(27)28-20(19)10-18/h4-6,10,15-17,21H,3,7-9,11-13H2,1-2H3,(H2,25,26,29). The summed E-state index contributed by atoms with van der Waals surface area (Å²) in [5.74, 6) is 2.81. The smallest absolute Gasteiger partial charge is 0.336 e. The van der Waals surface area contributed by atoms with Gasteiger partial charge in [-0.05, 0) is 105 Å². The molecule has 0 radical (unpaired) electrons. The lowest BCUT2D eigenvalue weighted by atomic mass is 9.47. The normalized spacial score (nSPS) is 31.0. The summed E-state index contributed by atoms with van der Waals surface area (Å²) in [4.78, 5) is 11.7. The van der Waals surface area contributed by atoms with Gasteiger partial charge in [0.15, 0.2) is 5.11 Å². The molecule has 4 aliphatic rings. The van der Waals surface area contributed by atoms with E-state index in [0.29, 0.717) is 22.2 Å². The number of nitrogens with one attached hydrogen (secondary N) is 2. The van der Waals surface area contributed by atoms with Crippen LogP contribution in [0.25, 0.3) is 11.0 Å². The van der Waals surface area contributed by atoms with Gasteiger partial charge < -0.3 is 15.1 Å². The highest BCUT2D eigenvalue weighted by molar-refractivity contribution is 7.80.